The zero-order chi connectivity index (χ0) is 12.4. The van der Waals surface area contributed by atoms with Gasteiger partial charge in [0.2, 0.25) is 0 Å². The second kappa shape index (κ2) is 5.29. The summed E-state index contributed by atoms with van der Waals surface area (Å²) in [7, 11) is 0. The average Bonchev–Trinajstić information content (AvgIpc) is 3.06. The van der Waals surface area contributed by atoms with Gasteiger partial charge in [-0.05, 0) is 36.7 Å². The summed E-state index contributed by atoms with van der Waals surface area (Å²) in [6.07, 6.45) is 2.35. The number of rotatable bonds is 4. The van der Waals surface area contributed by atoms with Gasteiger partial charge in [0.1, 0.15) is 5.75 Å². The zero-order valence-corrected chi connectivity index (χ0v) is 11.1. The number of nitrogens with one attached hydrogen (secondary N) is 1. The largest absolute Gasteiger partial charge is 0.493 e. The van der Waals surface area contributed by atoms with Crippen LogP contribution in [0.15, 0.2) is 18.2 Å². The Labute approximate surface area is 109 Å². The number of likely N-dealkylation sites (N-methyl/N-ethyl adjacent to an activating group) is 1. The molecule has 1 N–H and O–H groups in total. The van der Waals surface area contributed by atoms with Crippen molar-refractivity contribution >= 4 is 0 Å². The second-order valence-corrected chi connectivity index (χ2v) is 5.25. The van der Waals surface area contributed by atoms with Crippen LogP contribution in [-0.2, 0) is 13.0 Å². The fourth-order valence-corrected chi connectivity index (χ4v) is 3.02. The molecule has 1 aromatic rings. The highest BCUT2D eigenvalue weighted by atomic mass is 16.5. The lowest BCUT2D eigenvalue weighted by Crippen LogP contribution is -2.36. The molecule has 1 saturated heterocycles. The molecular weight excluding hydrogens is 224 g/mol. The lowest BCUT2D eigenvalue weighted by molar-refractivity contribution is 0.210. The average molecular weight is 246 g/mol. The Morgan fingerprint density at radius 1 is 1.44 bits per heavy atom. The van der Waals surface area contributed by atoms with Gasteiger partial charge in [0.05, 0.1) is 6.61 Å². The predicted molar refractivity (Wildman–Crippen MR) is 73.0 cm³/mol. The van der Waals surface area contributed by atoms with Gasteiger partial charge in [-0.1, -0.05) is 19.1 Å². The predicted octanol–water partition coefficient (Wildman–Crippen LogP) is 1.81. The lowest BCUT2D eigenvalue weighted by atomic mass is 10.1. The van der Waals surface area contributed by atoms with Crippen molar-refractivity contribution < 1.29 is 4.74 Å². The number of ether oxygens (including phenoxy) is 1. The third-order valence-electron chi connectivity index (χ3n) is 4.10. The van der Waals surface area contributed by atoms with Gasteiger partial charge < -0.3 is 10.1 Å². The quantitative estimate of drug-likeness (QED) is 0.877. The Morgan fingerprint density at radius 2 is 2.39 bits per heavy atom. The Bertz CT molecular complexity index is 413. The Morgan fingerprint density at radius 3 is 3.17 bits per heavy atom. The number of hydrogen-bond donors (Lipinski definition) is 1. The number of fused-ring (bicyclic) bond motifs is 1. The van der Waals surface area contributed by atoms with Crippen LogP contribution < -0.4 is 10.1 Å². The lowest BCUT2D eigenvalue weighted by Gasteiger charge is -2.27. The van der Waals surface area contributed by atoms with E-state index in [0.717, 1.165) is 38.4 Å². The summed E-state index contributed by atoms with van der Waals surface area (Å²) in [5, 5.41) is 3.45. The fraction of sp³-hybridized carbons (Fsp3) is 0.600. The minimum atomic E-state index is 0.708. The zero-order valence-electron chi connectivity index (χ0n) is 11.1. The summed E-state index contributed by atoms with van der Waals surface area (Å²) in [5.41, 5.74) is 2.81. The van der Waals surface area contributed by atoms with Gasteiger partial charge in [-0.3, -0.25) is 4.90 Å². The summed E-state index contributed by atoms with van der Waals surface area (Å²) in [6.45, 7) is 7.61. The molecular formula is C15H22N2O. The van der Waals surface area contributed by atoms with Gasteiger partial charge in [-0.15, -0.1) is 0 Å². The molecule has 0 aromatic heterocycles. The van der Waals surface area contributed by atoms with Crippen molar-refractivity contribution in [3.8, 4) is 5.75 Å². The topological polar surface area (TPSA) is 24.5 Å². The Kier molecular flexibility index (Phi) is 3.52. The summed E-state index contributed by atoms with van der Waals surface area (Å²) < 4.78 is 5.56. The molecule has 1 fully saturated rings. The van der Waals surface area contributed by atoms with E-state index >= 15 is 0 Å². The van der Waals surface area contributed by atoms with Crippen LogP contribution in [0, 0.1) is 0 Å². The summed E-state index contributed by atoms with van der Waals surface area (Å²) in [4.78, 5) is 2.58. The molecule has 2 aliphatic heterocycles. The molecule has 2 aliphatic rings. The van der Waals surface area contributed by atoms with E-state index in [-0.39, 0.29) is 0 Å². The fourth-order valence-electron chi connectivity index (χ4n) is 3.02. The highest BCUT2D eigenvalue weighted by Gasteiger charge is 2.21. The van der Waals surface area contributed by atoms with Crippen molar-refractivity contribution in [3.05, 3.63) is 29.3 Å². The molecule has 0 aliphatic carbocycles. The molecule has 3 nitrogen and oxygen atoms in total. The molecule has 1 aromatic carbocycles. The summed E-state index contributed by atoms with van der Waals surface area (Å²) in [5.74, 6) is 1.09. The standard InChI is InChI=1S/C15H22N2O/c1-2-17(14-5-7-16-10-14)11-12-3-4-15-13(9-12)6-8-18-15/h3-4,9,14,16H,2,5-8,10-11H2,1H3. The maximum absolute atomic E-state index is 5.56. The summed E-state index contributed by atoms with van der Waals surface area (Å²) in [6, 6.07) is 7.39. The molecule has 0 saturated carbocycles. The van der Waals surface area contributed by atoms with Gasteiger partial charge in [-0.2, -0.15) is 0 Å². The number of nitrogens with zero attached hydrogens (tertiary/aromatic N) is 1. The molecule has 3 rings (SSSR count). The third-order valence-corrected chi connectivity index (χ3v) is 4.10. The van der Waals surface area contributed by atoms with E-state index in [2.05, 4.69) is 35.3 Å². The molecule has 0 spiro atoms. The number of benzene rings is 1. The summed E-state index contributed by atoms with van der Waals surface area (Å²) >= 11 is 0. The van der Waals surface area contributed by atoms with Crippen LogP contribution in [0.1, 0.15) is 24.5 Å². The highest BCUT2D eigenvalue weighted by molar-refractivity contribution is 5.39. The number of hydrogen-bond acceptors (Lipinski definition) is 3. The third kappa shape index (κ3) is 2.38. The van der Waals surface area contributed by atoms with E-state index in [9.17, 15) is 0 Å². The molecule has 3 heteroatoms. The van der Waals surface area contributed by atoms with E-state index in [1.54, 1.807) is 0 Å². The smallest absolute Gasteiger partial charge is 0.122 e. The maximum atomic E-state index is 5.56. The SMILES string of the molecule is CCN(Cc1ccc2c(c1)CCO2)C1CCNC1. The van der Waals surface area contributed by atoms with Crippen molar-refractivity contribution in [2.75, 3.05) is 26.2 Å². The van der Waals surface area contributed by atoms with Crippen LogP contribution in [0.5, 0.6) is 5.75 Å². The first kappa shape index (κ1) is 12.0. The van der Waals surface area contributed by atoms with Crippen molar-refractivity contribution in [3.63, 3.8) is 0 Å². The van der Waals surface area contributed by atoms with Crippen LogP contribution >= 0.6 is 0 Å². The van der Waals surface area contributed by atoms with Crippen molar-refractivity contribution in [1.29, 1.82) is 0 Å². The van der Waals surface area contributed by atoms with Crippen LogP contribution in [0.4, 0.5) is 0 Å². The van der Waals surface area contributed by atoms with E-state index in [1.807, 2.05) is 0 Å². The van der Waals surface area contributed by atoms with Gasteiger partial charge in [0.15, 0.2) is 0 Å². The van der Waals surface area contributed by atoms with Crippen LogP contribution in [-0.4, -0.2) is 37.2 Å². The Hall–Kier alpha value is -1.06. The van der Waals surface area contributed by atoms with Crippen LogP contribution in [0.25, 0.3) is 0 Å². The molecule has 0 bridgehead atoms. The second-order valence-electron chi connectivity index (χ2n) is 5.25. The minimum absolute atomic E-state index is 0.708. The minimum Gasteiger partial charge on any atom is -0.493 e. The van der Waals surface area contributed by atoms with Crippen LogP contribution in [0.3, 0.4) is 0 Å². The van der Waals surface area contributed by atoms with E-state index in [0.29, 0.717) is 6.04 Å². The van der Waals surface area contributed by atoms with E-state index in [1.165, 1.54) is 24.1 Å². The van der Waals surface area contributed by atoms with Crippen molar-refractivity contribution in [2.45, 2.75) is 32.4 Å². The van der Waals surface area contributed by atoms with Gasteiger partial charge in [-0.25, -0.2) is 0 Å². The van der Waals surface area contributed by atoms with Gasteiger partial charge in [0.25, 0.3) is 0 Å². The van der Waals surface area contributed by atoms with Gasteiger partial charge in [0, 0.05) is 25.6 Å². The first-order chi connectivity index (χ1) is 8.86. The normalized spacial score (nSPS) is 22.2. The van der Waals surface area contributed by atoms with E-state index in [4.69, 9.17) is 4.74 Å². The first-order valence-corrected chi connectivity index (χ1v) is 7.06. The van der Waals surface area contributed by atoms with Crippen molar-refractivity contribution in [2.24, 2.45) is 0 Å². The Balaban J connectivity index is 1.70. The molecule has 2 heterocycles. The van der Waals surface area contributed by atoms with Gasteiger partial charge >= 0.3 is 0 Å². The van der Waals surface area contributed by atoms with Crippen molar-refractivity contribution in [1.82, 2.24) is 10.2 Å². The van der Waals surface area contributed by atoms with E-state index < -0.39 is 0 Å². The maximum Gasteiger partial charge on any atom is 0.122 e. The molecule has 1 unspecified atom stereocenters. The molecule has 1 atom stereocenters. The first-order valence-electron chi connectivity index (χ1n) is 7.06. The monoisotopic (exact) mass is 246 g/mol. The molecule has 98 valence electrons. The highest BCUT2D eigenvalue weighted by Crippen LogP contribution is 2.26. The molecule has 0 radical (unpaired) electrons. The van der Waals surface area contributed by atoms with Crippen LogP contribution in [0.2, 0.25) is 0 Å². The molecule has 0 amide bonds. The molecule has 18 heavy (non-hydrogen) atoms.